The summed E-state index contributed by atoms with van der Waals surface area (Å²) in [7, 11) is -3.31. The van der Waals surface area contributed by atoms with Crippen LogP contribution in [0.2, 0.25) is 0 Å². The van der Waals surface area contributed by atoms with E-state index in [2.05, 4.69) is 4.90 Å². The number of furan rings is 1. The maximum atomic E-state index is 13.3. The van der Waals surface area contributed by atoms with E-state index in [0.29, 0.717) is 19.6 Å². The van der Waals surface area contributed by atoms with Gasteiger partial charge in [-0.25, -0.2) is 12.7 Å². The molecule has 0 saturated carbocycles. The second-order valence-electron chi connectivity index (χ2n) is 8.44. The molecule has 7 nitrogen and oxygen atoms in total. The summed E-state index contributed by atoms with van der Waals surface area (Å²) >= 11 is 0. The second kappa shape index (κ2) is 6.60. The number of piperidine rings is 1. The van der Waals surface area contributed by atoms with E-state index < -0.39 is 15.4 Å². The van der Waals surface area contributed by atoms with E-state index >= 15 is 0 Å². The molecule has 3 fully saturated rings. The molecule has 1 amide bonds. The second-order valence-corrected chi connectivity index (χ2v) is 10.4. The lowest BCUT2D eigenvalue weighted by molar-refractivity contribution is -0.142. The van der Waals surface area contributed by atoms with Gasteiger partial charge in [-0.05, 0) is 45.3 Å². The van der Waals surface area contributed by atoms with E-state index in [1.807, 2.05) is 17.9 Å². The Bertz CT molecular complexity index is 799. The smallest absolute Gasteiger partial charge is 0.230 e. The van der Waals surface area contributed by atoms with Crippen LogP contribution in [0.3, 0.4) is 0 Å². The van der Waals surface area contributed by atoms with Gasteiger partial charge < -0.3 is 9.32 Å². The van der Waals surface area contributed by atoms with E-state index in [9.17, 15) is 13.2 Å². The van der Waals surface area contributed by atoms with Gasteiger partial charge in [0.05, 0.1) is 24.2 Å². The first kappa shape index (κ1) is 19.0. The van der Waals surface area contributed by atoms with Gasteiger partial charge in [0.25, 0.3) is 0 Å². The molecule has 0 N–H and O–H groups in total. The zero-order valence-electron chi connectivity index (χ0n) is 16.2. The monoisotopic (exact) mass is 395 g/mol. The summed E-state index contributed by atoms with van der Waals surface area (Å²) in [4.78, 5) is 17.6. The van der Waals surface area contributed by atoms with Crippen LogP contribution in [0.4, 0.5) is 0 Å². The largest absolute Gasteiger partial charge is 0.472 e. The van der Waals surface area contributed by atoms with Crippen molar-refractivity contribution in [3.05, 3.63) is 24.2 Å². The fourth-order valence-corrected chi connectivity index (χ4v) is 6.38. The zero-order valence-corrected chi connectivity index (χ0v) is 17.0. The molecule has 1 aromatic heterocycles. The highest BCUT2D eigenvalue weighted by molar-refractivity contribution is 7.88. The van der Waals surface area contributed by atoms with Gasteiger partial charge in [-0.1, -0.05) is 0 Å². The number of hydrogen-bond donors (Lipinski definition) is 0. The highest BCUT2D eigenvalue weighted by atomic mass is 32.2. The fraction of sp³-hybridized carbons (Fsp3) is 0.737. The highest BCUT2D eigenvalue weighted by Crippen LogP contribution is 2.58. The number of amides is 1. The average Bonchev–Trinajstić information content (AvgIpc) is 3.32. The lowest BCUT2D eigenvalue weighted by Crippen LogP contribution is -2.52. The number of hydrogen-bond acceptors (Lipinski definition) is 5. The summed E-state index contributed by atoms with van der Waals surface area (Å²) in [5, 5.41) is 0. The van der Waals surface area contributed by atoms with Crippen LogP contribution in [0.15, 0.2) is 23.0 Å². The van der Waals surface area contributed by atoms with Crippen LogP contribution in [-0.2, 0) is 21.4 Å². The molecular weight excluding hydrogens is 366 g/mol. The van der Waals surface area contributed by atoms with Crippen molar-refractivity contribution < 1.29 is 17.6 Å². The van der Waals surface area contributed by atoms with Crippen LogP contribution < -0.4 is 0 Å². The van der Waals surface area contributed by atoms with Crippen molar-refractivity contribution >= 4 is 15.9 Å². The number of rotatable bonds is 4. The van der Waals surface area contributed by atoms with E-state index in [-0.39, 0.29) is 11.3 Å². The Hall–Kier alpha value is -1.38. The Morgan fingerprint density at radius 3 is 2.44 bits per heavy atom. The van der Waals surface area contributed by atoms with Crippen molar-refractivity contribution in [2.24, 2.45) is 10.8 Å². The van der Waals surface area contributed by atoms with Gasteiger partial charge in [-0.3, -0.25) is 9.69 Å². The average molecular weight is 396 g/mol. The molecule has 27 heavy (non-hydrogen) atoms. The minimum Gasteiger partial charge on any atom is -0.472 e. The zero-order chi connectivity index (χ0) is 19.3. The van der Waals surface area contributed by atoms with Crippen LogP contribution in [0.1, 0.15) is 31.7 Å². The summed E-state index contributed by atoms with van der Waals surface area (Å²) < 4.78 is 31.4. The highest BCUT2D eigenvalue weighted by Gasteiger charge is 2.66. The quantitative estimate of drug-likeness (QED) is 0.770. The van der Waals surface area contributed by atoms with Crippen molar-refractivity contribution in [2.75, 3.05) is 45.5 Å². The molecule has 1 atom stereocenters. The molecule has 3 aliphatic heterocycles. The molecule has 0 unspecified atom stereocenters. The van der Waals surface area contributed by atoms with Crippen molar-refractivity contribution in [3.63, 3.8) is 0 Å². The molecule has 4 rings (SSSR count). The minimum absolute atomic E-state index is 0.166. The molecule has 8 heteroatoms. The third kappa shape index (κ3) is 3.02. The number of carbonyl (C=O) groups is 1. The number of nitrogens with zero attached hydrogens (tertiary/aromatic N) is 3. The van der Waals surface area contributed by atoms with E-state index in [0.717, 1.165) is 51.0 Å². The summed E-state index contributed by atoms with van der Waals surface area (Å²) in [5.74, 6) is 0.166. The van der Waals surface area contributed by atoms with Gasteiger partial charge in [0, 0.05) is 43.7 Å². The standard InChI is InChI=1S/C19H29N3O4S/c1-3-21-10-7-19(17(21)23)15-22(27(2,24)25)14-18(19)5-8-20(9-6-18)12-16-4-11-26-13-16/h4,11,13H,3,5-10,12,14-15H2,1-2H3/t19-/m1/s1. The lowest BCUT2D eigenvalue weighted by atomic mass is 9.60. The Kier molecular flexibility index (Phi) is 4.63. The van der Waals surface area contributed by atoms with Gasteiger partial charge in [0.1, 0.15) is 0 Å². The SMILES string of the molecule is CCN1CC[C@@]2(CN(S(C)(=O)=O)CC23CCN(Cc2ccoc2)CC3)C1=O. The first-order valence-electron chi connectivity index (χ1n) is 9.78. The first-order valence-corrected chi connectivity index (χ1v) is 11.6. The molecule has 0 bridgehead atoms. The minimum atomic E-state index is -3.31. The van der Waals surface area contributed by atoms with Crippen molar-refractivity contribution in [3.8, 4) is 0 Å². The molecule has 0 aliphatic carbocycles. The lowest BCUT2D eigenvalue weighted by Gasteiger charge is -2.47. The Labute approximate surface area is 161 Å². The molecule has 0 radical (unpaired) electrons. The molecule has 3 saturated heterocycles. The van der Waals surface area contributed by atoms with Gasteiger partial charge in [-0.15, -0.1) is 0 Å². The molecular formula is C19H29N3O4S. The fourth-order valence-electron chi connectivity index (χ4n) is 5.44. The summed E-state index contributed by atoms with van der Waals surface area (Å²) in [6.45, 7) is 6.87. The topological polar surface area (TPSA) is 74.1 Å². The Morgan fingerprint density at radius 1 is 1.15 bits per heavy atom. The molecule has 0 aromatic carbocycles. The van der Waals surface area contributed by atoms with Crippen LogP contribution in [0, 0.1) is 10.8 Å². The predicted molar refractivity (Wildman–Crippen MR) is 101 cm³/mol. The third-order valence-electron chi connectivity index (χ3n) is 7.10. The summed E-state index contributed by atoms with van der Waals surface area (Å²) in [5.41, 5.74) is 0.358. The van der Waals surface area contributed by atoms with Gasteiger partial charge in [-0.2, -0.15) is 0 Å². The van der Waals surface area contributed by atoms with E-state index in [1.165, 1.54) is 6.26 Å². The first-order chi connectivity index (χ1) is 12.8. The van der Waals surface area contributed by atoms with Gasteiger partial charge in [0.15, 0.2) is 0 Å². The van der Waals surface area contributed by atoms with Crippen LogP contribution in [0.25, 0.3) is 0 Å². The molecule has 3 aliphatic rings. The number of likely N-dealkylation sites (tertiary alicyclic amines) is 2. The summed E-state index contributed by atoms with van der Waals surface area (Å²) in [6.07, 6.45) is 7.22. The maximum absolute atomic E-state index is 13.3. The van der Waals surface area contributed by atoms with E-state index in [1.54, 1.807) is 16.8 Å². The van der Waals surface area contributed by atoms with Crippen molar-refractivity contribution in [1.82, 2.24) is 14.1 Å². The van der Waals surface area contributed by atoms with Crippen LogP contribution >= 0.6 is 0 Å². The van der Waals surface area contributed by atoms with Crippen LogP contribution in [0.5, 0.6) is 0 Å². The van der Waals surface area contributed by atoms with Crippen LogP contribution in [-0.4, -0.2) is 74.0 Å². The Balaban J connectivity index is 1.58. The van der Waals surface area contributed by atoms with Crippen molar-refractivity contribution in [1.29, 1.82) is 0 Å². The number of carbonyl (C=O) groups excluding carboxylic acids is 1. The van der Waals surface area contributed by atoms with Gasteiger partial charge in [0.2, 0.25) is 15.9 Å². The number of sulfonamides is 1. The molecule has 1 aromatic rings. The van der Waals surface area contributed by atoms with E-state index in [4.69, 9.17) is 4.42 Å². The third-order valence-corrected chi connectivity index (χ3v) is 8.29. The Morgan fingerprint density at radius 2 is 1.89 bits per heavy atom. The van der Waals surface area contributed by atoms with Crippen molar-refractivity contribution in [2.45, 2.75) is 32.7 Å². The molecule has 150 valence electrons. The van der Waals surface area contributed by atoms with Gasteiger partial charge >= 0.3 is 0 Å². The summed E-state index contributed by atoms with van der Waals surface area (Å²) in [6, 6.07) is 1.98. The molecule has 2 spiro atoms. The molecule has 4 heterocycles. The normalized spacial score (nSPS) is 29.4. The maximum Gasteiger partial charge on any atom is 0.230 e. The number of fused-ring (bicyclic) bond motifs is 1. The predicted octanol–water partition coefficient (Wildman–Crippen LogP) is 1.38.